The molecular formula is C18H25F2NO3. The smallest absolute Gasteiger partial charge is 0.377 e. The molecule has 1 aliphatic heterocycles. The van der Waals surface area contributed by atoms with E-state index in [0.29, 0.717) is 19.5 Å². The van der Waals surface area contributed by atoms with E-state index >= 15 is 0 Å². The number of hydrogen-bond donors (Lipinski definition) is 2. The average Bonchev–Trinajstić information content (AvgIpc) is 2.71. The normalized spacial score (nSPS) is 23.0. The molecule has 2 N–H and O–H groups in total. The van der Waals surface area contributed by atoms with Gasteiger partial charge in [0.2, 0.25) is 0 Å². The molecule has 1 saturated heterocycles. The van der Waals surface area contributed by atoms with Gasteiger partial charge >= 0.3 is 11.9 Å². The van der Waals surface area contributed by atoms with Gasteiger partial charge in [-0.25, -0.2) is 4.79 Å². The van der Waals surface area contributed by atoms with Crippen molar-refractivity contribution < 1.29 is 23.8 Å². The molecule has 6 heteroatoms. The van der Waals surface area contributed by atoms with E-state index in [9.17, 15) is 18.7 Å². The van der Waals surface area contributed by atoms with Crippen molar-refractivity contribution in [1.29, 1.82) is 0 Å². The first-order valence-corrected chi connectivity index (χ1v) is 8.42. The van der Waals surface area contributed by atoms with Gasteiger partial charge in [0, 0.05) is 13.1 Å². The van der Waals surface area contributed by atoms with E-state index in [1.54, 1.807) is 0 Å². The molecule has 0 amide bonds. The third-order valence-corrected chi connectivity index (χ3v) is 4.70. The Labute approximate surface area is 141 Å². The van der Waals surface area contributed by atoms with Crippen molar-refractivity contribution in [3.63, 3.8) is 0 Å². The summed E-state index contributed by atoms with van der Waals surface area (Å²) < 4.78 is 27.6. The van der Waals surface area contributed by atoms with Gasteiger partial charge in [-0.05, 0) is 43.4 Å². The highest BCUT2D eigenvalue weighted by Crippen LogP contribution is 2.37. The van der Waals surface area contributed by atoms with Gasteiger partial charge < -0.3 is 10.2 Å². The van der Waals surface area contributed by atoms with Gasteiger partial charge in [-0.2, -0.15) is 8.78 Å². The Morgan fingerprint density at radius 2 is 2.00 bits per heavy atom. The van der Waals surface area contributed by atoms with Gasteiger partial charge in [-0.15, -0.1) is 0 Å². The molecule has 4 nitrogen and oxygen atoms in total. The highest BCUT2D eigenvalue weighted by molar-refractivity contribution is 5.77. The van der Waals surface area contributed by atoms with Gasteiger partial charge in [0.15, 0.2) is 0 Å². The lowest BCUT2D eigenvalue weighted by atomic mass is 9.88. The Balaban J connectivity index is 2.03. The highest BCUT2D eigenvalue weighted by atomic mass is 19.3. The maximum Gasteiger partial charge on any atom is 0.377 e. The van der Waals surface area contributed by atoms with E-state index in [4.69, 9.17) is 5.11 Å². The maximum absolute atomic E-state index is 13.8. The predicted octanol–water partition coefficient (Wildman–Crippen LogP) is 3.08. The van der Waals surface area contributed by atoms with Crippen LogP contribution in [0.3, 0.4) is 0 Å². The van der Waals surface area contributed by atoms with Crippen LogP contribution in [0, 0.1) is 0 Å². The minimum Gasteiger partial charge on any atom is -0.477 e. The third-order valence-electron chi connectivity index (χ3n) is 4.70. The van der Waals surface area contributed by atoms with Crippen molar-refractivity contribution in [3.8, 4) is 0 Å². The molecule has 1 aromatic rings. The number of aliphatic carboxylic acids is 1. The maximum atomic E-state index is 13.8. The summed E-state index contributed by atoms with van der Waals surface area (Å²) in [5, 5.41) is 18.9. The zero-order valence-electron chi connectivity index (χ0n) is 14.0. The average molecular weight is 341 g/mol. The first-order valence-electron chi connectivity index (χ1n) is 8.42. The number of aryl methyl sites for hydroxylation is 1. The summed E-state index contributed by atoms with van der Waals surface area (Å²) >= 11 is 0. The van der Waals surface area contributed by atoms with E-state index in [-0.39, 0.29) is 19.4 Å². The van der Waals surface area contributed by atoms with Gasteiger partial charge in [-0.3, -0.25) is 4.90 Å². The number of hydrogen-bond acceptors (Lipinski definition) is 3. The van der Waals surface area contributed by atoms with Crippen molar-refractivity contribution in [2.24, 2.45) is 0 Å². The second-order valence-corrected chi connectivity index (χ2v) is 6.61. The SMILES string of the molecule is CCCc1cccc(CN2CCCC(O)(C(F)(F)C(=O)O)CC2)c1. The van der Waals surface area contributed by atoms with E-state index in [1.165, 1.54) is 5.56 Å². The van der Waals surface area contributed by atoms with Crippen LogP contribution in [0.1, 0.15) is 43.7 Å². The van der Waals surface area contributed by atoms with Crippen molar-refractivity contribution in [3.05, 3.63) is 35.4 Å². The van der Waals surface area contributed by atoms with Crippen LogP contribution in [0.5, 0.6) is 0 Å². The van der Waals surface area contributed by atoms with Crippen LogP contribution in [-0.4, -0.2) is 45.7 Å². The summed E-state index contributed by atoms with van der Waals surface area (Å²) in [7, 11) is 0. The number of likely N-dealkylation sites (tertiary alicyclic amines) is 1. The summed E-state index contributed by atoms with van der Waals surface area (Å²) in [6.45, 7) is 3.55. The molecule has 1 unspecified atom stereocenters. The number of aliphatic hydroxyl groups is 1. The number of nitrogens with zero attached hydrogens (tertiary/aromatic N) is 1. The Morgan fingerprint density at radius 1 is 1.29 bits per heavy atom. The van der Waals surface area contributed by atoms with Crippen LogP contribution in [0.4, 0.5) is 8.78 Å². The summed E-state index contributed by atoms with van der Waals surface area (Å²) in [6, 6.07) is 8.18. The molecule has 0 bridgehead atoms. The quantitative estimate of drug-likeness (QED) is 0.835. The summed E-state index contributed by atoms with van der Waals surface area (Å²) in [4.78, 5) is 12.8. The number of carbonyl (C=O) groups is 1. The van der Waals surface area contributed by atoms with Crippen molar-refractivity contribution >= 4 is 5.97 Å². The lowest BCUT2D eigenvalue weighted by Crippen LogP contribution is -2.53. The molecule has 1 aliphatic rings. The van der Waals surface area contributed by atoms with E-state index in [1.807, 2.05) is 17.0 Å². The lowest BCUT2D eigenvalue weighted by molar-refractivity contribution is -0.211. The van der Waals surface area contributed by atoms with Gasteiger partial charge in [-0.1, -0.05) is 37.6 Å². The lowest BCUT2D eigenvalue weighted by Gasteiger charge is -2.32. The number of benzene rings is 1. The Bertz CT molecular complexity index is 579. The molecule has 1 heterocycles. The van der Waals surface area contributed by atoms with Crippen LogP contribution >= 0.6 is 0 Å². The predicted molar refractivity (Wildman–Crippen MR) is 87.1 cm³/mol. The molecular weight excluding hydrogens is 316 g/mol. The zero-order chi connectivity index (χ0) is 17.8. The first kappa shape index (κ1) is 18.8. The van der Waals surface area contributed by atoms with Crippen molar-refractivity contribution in [2.75, 3.05) is 13.1 Å². The second kappa shape index (κ2) is 7.57. The molecule has 0 aliphatic carbocycles. The molecule has 24 heavy (non-hydrogen) atoms. The Kier molecular flexibility index (Phi) is 5.93. The summed E-state index contributed by atoms with van der Waals surface area (Å²) in [5.41, 5.74) is -0.118. The third kappa shape index (κ3) is 4.11. The van der Waals surface area contributed by atoms with Gasteiger partial charge in [0.05, 0.1) is 0 Å². The molecule has 1 atom stereocenters. The van der Waals surface area contributed by atoms with Gasteiger partial charge in [0.1, 0.15) is 5.60 Å². The fourth-order valence-electron chi connectivity index (χ4n) is 3.28. The van der Waals surface area contributed by atoms with E-state index < -0.39 is 17.5 Å². The first-order chi connectivity index (χ1) is 11.3. The molecule has 0 spiro atoms. The van der Waals surface area contributed by atoms with Crippen LogP contribution in [0.15, 0.2) is 24.3 Å². The molecule has 2 rings (SSSR count). The number of carboxylic acid groups (broad SMARTS) is 1. The topological polar surface area (TPSA) is 60.8 Å². The standard InChI is InChI=1S/C18H25F2NO3/c1-2-5-14-6-3-7-15(12-14)13-21-10-4-8-17(24,9-11-21)18(19,20)16(22)23/h3,6-7,12,24H,2,4-5,8-11,13H2,1H3,(H,22,23). The van der Waals surface area contributed by atoms with Crippen molar-refractivity contribution in [2.45, 2.75) is 57.1 Å². The van der Waals surface area contributed by atoms with Gasteiger partial charge in [0.25, 0.3) is 0 Å². The Hall–Kier alpha value is -1.53. The minimum absolute atomic E-state index is 0.210. The second-order valence-electron chi connectivity index (χ2n) is 6.61. The van der Waals surface area contributed by atoms with E-state index in [2.05, 4.69) is 19.1 Å². The monoisotopic (exact) mass is 341 g/mol. The highest BCUT2D eigenvalue weighted by Gasteiger charge is 2.58. The van der Waals surface area contributed by atoms with Crippen LogP contribution in [0.2, 0.25) is 0 Å². The number of halogens is 2. The largest absolute Gasteiger partial charge is 0.477 e. The Morgan fingerprint density at radius 3 is 2.67 bits per heavy atom. The van der Waals surface area contributed by atoms with Crippen LogP contribution < -0.4 is 0 Å². The number of alkyl halides is 2. The number of carboxylic acids is 1. The summed E-state index contributed by atoms with van der Waals surface area (Å²) in [6.07, 6.45) is 1.94. The minimum atomic E-state index is -4.12. The fraction of sp³-hybridized carbons (Fsp3) is 0.611. The molecule has 1 aromatic carbocycles. The molecule has 0 radical (unpaired) electrons. The van der Waals surface area contributed by atoms with Crippen LogP contribution in [-0.2, 0) is 17.8 Å². The summed E-state index contributed by atoms with van der Waals surface area (Å²) in [5.74, 6) is -6.38. The van der Waals surface area contributed by atoms with Crippen molar-refractivity contribution in [1.82, 2.24) is 4.90 Å². The zero-order valence-corrected chi connectivity index (χ0v) is 14.0. The molecule has 0 aromatic heterocycles. The molecule has 1 fully saturated rings. The molecule has 0 saturated carbocycles. The van der Waals surface area contributed by atoms with Crippen LogP contribution in [0.25, 0.3) is 0 Å². The molecule has 134 valence electrons. The number of rotatable bonds is 6. The fourth-order valence-corrected chi connectivity index (χ4v) is 3.28. The van der Waals surface area contributed by atoms with E-state index in [0.717, 1.165) is 18.4 Å².